The van der Waals surface area contributed by atoms with Gasteiger partial charge in [-0.25, -0.2) is 4.79 Å². The fourth-order valence-corrected chi connectivity index (χ4v) is 4.98. The van der Waals surface area contributed by atoms with Gasteiger partial charge in [-0.15, -0.1) is 0 Å². The molecule has 6 unspecified atom stereocenters. The van der Waals surface area contributed by atoms with Crippen molar-refractivity contribution >= 4 is 5.97 Å². The minimum atomic E-state index is -1.21. The number of aliphatic hydroxyl groups excluding tert-OH is 2. The molecular weight excluding hydrogens is 284 g/mol. The average Bonchev–Trinajstić information content (AvgIpc) is 3.18. The Labute approximate surface area is 131 Å². The van der Waals surface area contributed by atoms with Crippen molar-refractivity contribution in [1.29, 1.82) is 0 Å². The van der Waals surface area contributed by atoms with Crippen molar-refractivity contribution in [2.75, 3.05) is 6.61 Å². The number of ether oxygens (including phenoxy) is 2. The molecule has 2 N–H and O–H groups in total. The summed E-state index contributed by atoms with van der Waals surface area (Å²) in [6.07, 6.45) is 5.92. The lowest BCUT2D eigenvalue weighted by molar-refractivity contribution is -0.238. The van der Waals surface area contributed by atoms with Crippen molar-refractivity contribution in [3.05, 3.63) is 12.7 Å². The summed E-state index contributed by atoms with van der Waals surface area (Å²) in [6.45, 7) is 3.36. The van der Waals surface area contributed by atoms with Gasteiger partial charge in [0.2, 0.25) is 0 Å². The van der Waals surface area contributed by atoms with E-state index in [1.54, 1.807) is 0 Å². The lowest BCUT2D eigenvalue weighted by Gasteiger charge is -2.38. The molecular formula is C17H26O5. The van der Waals surface area contributed by atoms with Gasteiger partial charge in [-0.05, 0) is 49.9 Å². The van der Waals surface area contributed by atoms with E-state index in [2.05, 4.69) is 6.58 Å². The molecule has 22 heavy (non-hydrogen) atoms. The molecule has 0 amide bonds. The van der Waals surface area contributed by atoms with E-state index in [-0.39, 0.29) is 18.6 Å². The van der Waals surface area contributed by atoms with E-state index in [0.29, 0.717) is 5.92 Å². The van der Waals surface area contributed by atoms with Crippen molar-refractivity contribution in [2.45, 2.75) is 62.9 Å². The molecule has 0 aromatic heterocycles. The van der Waals surface area contributed by atoms with E-state index < -0.39 is 18.4 Å². The number of carbonyl (C=O) groups excluding carboxylic acids is 1. The lowest BCUT2D eigenvalue weighted by Crippen LogP contribution is -2.44. The Morgan fingerprint density at radius 1 is 1.36 bits per heavy atom. The Hall–Kier alpha value is -0.910. The smallest absolute Gasteiger partial charge is 0.330 e. The number of rotatable bonds is 7. The fraction of sp³-hybridized carbons (Fsp3) is 0.824. The Kier molecular flexibility index (Phi) is 4.57. The monoisotopic (exact) mass is 310 g/mol. The van der Waals surface area contributed by atoms with E-state index in [9.17, 15) is 15.0 Å². The molecule has 3 saturated carbocycles. The SMILES string of the molecule is C=CC(=O)OCCC(O)C(O)OC12CCC(C1)C1CCCC12. The third-order valence-corrected chi connectivity index (χ3v) is 5.91. The van der Waals surface area contributed by atoms with Gasteiger partial charge in [0.15, 0.2) is 6.29 Å². The summed E-state index contributed by atoms with van der Waals surface area (Å²) in [4.78, 5) is 11.0. The molecule has 0 aromatic rings. The number of hydrogen-bond acceptors (Lipinski definition) is 5. The summed E-state index contributed by atoms with van der Waals surface area (Å²) in [5.74, 6) is 1.52. The van der Waals surface area contributed by atoms with E-state index in [4.69, 9.17) is 9.47 Å². The van der Waals surface area contributed by atoms with E-state index in [1.807, 2.05) is 0 Å². The molecule has 6 atom stereocenters. The number of carbonyl (C=O) groups is 1. The standard InChI is InChI=1S/C17H26O5/c1-2-15(19)21-9-7-14(18)16(20)22-17-8-6-11(10-17)12-4-3-5-13(12)17/h2,11-14,16,18,20H,1,3-10H2. The Balaban J connectivity index is 1.51. The normalized spacial score (nSPS) is 38.5. The Morgan fingerprint density at radius 3 is 2.95 bits per heavy atom. The van der Waals surface area contributed by atoms with Gasteiger partial charge in [-0.1, -0.05) is 13.0 Å². The van der Waals surface area contributed by atoms with Gasteiger partial charge < -0.3 is 19.7 Å². The van der Waals surface area contributed by atoms with Crippen molar-refractivity contribution in [1.82, 2.24) is 0 Å². The zero-order valence-electron chi connectivity index (χ0n) is 12.9. The number of fused-ring (bicyclic) bond motifs is 5. The van der Waals surface area contributed by atoms with Crippen LogP contribution in [0.3, 0.4) is 0 Å². The molecule has 0 aliphatic heterocycles. The second-order valence-electron chi connectivity index (χ2n) is 7.00. The van der Waals surface area contributed by atoms with Crippen LogP contribution in [0, 0.1) is 17.8 Å². The highest BCUT2D eigenvalue weighted by Gasteiger charge is 2.60. The molecule has 0 radical (unpaired) electrons. The van der Waals surface area contributed by atoms with Crippen molar-refractivity contribution in [3.63, 3.8) is 0 Å². The number of aliphatic hydroxyl groups is 2. The van der Waals surface area contributed by atoms with Gasteiger partial charge in [0.25, 0.3) is 0 Å². The zero-order valence-corrected chi connectivity index (χ0v) is 12.9. The average molecular weight is 310 g/mol. The van der Waals surface area contributed by atoms with Crippen LogP contribution in [0.25, 0.3) is 0 Å². The summed E-state index contributed by atoms with van der Waals surface area (Å²) in [5, 5.41) is 20.2. The Bertz CT molecular complexity index is 437. The number of hydrogen-bond donors (Lipinski definition) is 2. The van der Waals surface area contributed by atoms with Crippen molar-refractivity contribution < 1.29 is 24.5 Å². The summed E-state index contributed by atoms with van der Waals surface area (Å²) in [7, 11) is 0. The molecule has 0 aromatic carbocycles. The summed E-state index contributed by atoms with van der Waals surface area (Å²) in [6, 6.07) is 0. The van der Waals surface area contributed by atoms with Crippen LogP contribution in [0.15, 0.2) is 12.7 Å². The first-order valence-electron chi connectivity index (χ1n) is 8.39. The first kappa shape index (κ1) is 16.0. The molecule has 2 bridgehead atoms. The predicted molar refractivity (Wildman–Crippen MR) is 79.8 cm³/mol. The largest absolute Gasteiger partial charge is 0.462 e. The summed E-state index contributed by atoms with van der Waals surface area (Å²) in [5.41, 5.74) is -0.232. The van der Waals surface area contributed by atoms with Crippen LogP contribution in [-0.2, 0) is 14.3 Å². The quantitative estimate of drug-likeness (QED) is 0.426. The minimum Gasteiger partial charge on any atom is -0.462 e. The second-order valence-corrected chi connectivity index (χ2v) is 7.00. The molecule has 3 aliphatic rings. The summed E-state index contributed by atoms with van der Waals surface area (Å²) < 4.78 is 10.8. The van der Waals surface area contributed by atoms with Crippen molar-refractivity contribution in [2.24, 2.45) is 17.8 Å². The zero-order chi connectivity index (χ0) is 15.7. The first-order chi connectivity index (χ1) is 10.6. The predicted octanol–water partition coefficient (Wildman–Crippen LogP) is 1.77. The highest BCUT2D eigenvalue weighted by molar-refractivity contribution is 5.81. The molecule has 0 spiro atoms. The Morgan fingerprint density at radius 2 is 2.18 bits per heavy atom. The van der Waals surface area contributed by atoms with Crippen LogP contribution in [0.2, 0.25) is 0 Å². The molecule has 5 nitrogen and oxygen atoms in total. The molecule has 0 saturated heterocycles. The molecule has 3 rings (SSSR count). The van der Waals surface area contributed by atoms with Crippen LogP contribution in [0.5, 0.6) is 0 Å². The molecule has 124 valence electrons. The minimum absolute atomic E-state index is 0.0497. The maximum absolute atomic E-state index is 11.0. The van der Waals surface area contributed by atoms with Crippen LogP contribution in [0.1, 0.15) is 44.9 Å². The molecule has 3 fully saturated rings. The van der Waals surface area contributed by atoms with Gasteiger partial charge in [0, 0.05) is 12.5 Å². The van der Waals surface area contributed by atoms with Gasteiger partial charge in [-0.2, -0.15) is 0 Å². The van der Waals surface area contributed by atoms with Crippen LogP contribution in [-0.4, -0.2) is 40.8 Å². The molecule has 5 heteroatoms. The maximum Gasteiger partial charge on any atom is 0.330 e. The second kappa shape index (κ2) is 6.30. The number of esters is 1. The van der Waals surface area contributed by atoms with Crippen LogP contribution in [0.4, 0.5) is 0 Å². The lowest BCUT2D eigenvalue weighted by atomic mass is 9.79. The van der Waals surface area contributed by atoms with Gasteiger partial charge in [-0.3, -0.25) is 0 Å². The van der Waals surface area contributed by atoms with Gasteiger partial charge in [0.05, 0.1) is 12.2 Å². The summed E-state index contributed by atoms with van der Waals surface area (Å²) >= 11 is 0. The van der Waals surface area contributed by atoms with E-state index in [1.165, 1.54) is 25.7 Å². The first-order valence-corrected chi connectivity index (χ1v) is 8.39. The van der Waals surface area contributed by atoms with Crippen LogP contribution < -0.4 is 0 Å². The van der Waals surface area contributed by atoms with Crippen LogP contribution >= 0.6 is 0 Å². The maximum atomic E-state index is 11.0. The highest BCUT2D eigenvalue weighted by Crippen LogP contribution is 2.62. The third kappa shape index (κ3) is 2.82. The third-order valence-electron chi connectivity index (χ3n) is 5.91. The van der Waals surface area contributed by atoms with Gasteiger partial charge in [0.1, 0.15) is 6.10 Å². The van der Waals surface area contributed by atoms with E-state index >= 15 is 0 Å². The van der Waals surface area contributed by atoms with Crippen molar-refractivity contribution in [3.8, 4) is 0 Å². The van der Waals surface area contributed by atoms with Gasteiger partial charge >= 0.3 is 5.97 Å². The fourth-order valence-electron chi connectivity index (χ4n) is 4.98. The molecule has 0 heterocycles. The highest BCUT2D eigenvalue weighted by atomic mass is 16.6. The van der Waals surface area contributed by atoms with E-state index in [0.717, 1.165) is 30.8 Å². The molecule has 3 aliphatic carbocycles. The topological polar surface area (TPSA) is 76.0 Å².